The average molecular weight is 278 g/mol. The van der Waals surface area contributed by atoms with Crippen LogP contribution in [0.15, 0.2) is 35.7 Å². The summed E-state index contributed by atoms with van der Waals surface area (Å²) < 4.78 is 13.3. The van der Waals surface area contributed by atoms with E-state index in [0.29, 0.717) is 0 Å². The second-order valence-electron chi connectivity index (χ2n) is 4.38. The predicted molar refractivity (Wildman–Crippen MR) is 75.6 cm³/mol. The SMILES string of the molecule is CC(c1cccs1)N(C)C(=O)c1cc(N)cc(F)c1. The van der Waals surface area contributed by atoms with E-state index in [2.05, 4.69) is 0 Å². The van der Waals surface area contributed by atoms with Gasteiger partial charge in [0.1, 0.15) is 5.82 Å². The van der Waals surface area contributed by atoms with Crippen molar-refractivity contribution < 1.29 is 9.18 Å². The van der Waals surface area contributed by atoms with Crippen LogP contribution < -0.4 is 5.73 Å². The molecule has 0 saturated heterocycles. The van der Waals surface area contributed by atoms with Crippen molar-refractivity contribution in [1.29, 1.82) is 0 Å². The van der Waals surface area contributed by atoms with Gasteiger partial charge in [0.25, 0.3) is 5.91 Å². The molecule has 1 amide bonds. The standard InChI is InChI=1S/C14H15FN2OS/c1-9(13-4-3-5-19-13)17(2)14(18)10-6-11(15)8-12(16)7-10/h3-9H,16H2,1-2H3. The van der Waals surface area contributed by atoms with Gasteiger partial charge in [-0.15, -0.1) is 11.3 Å². The van der Waals surface area contributed by atoms with Crippen molar-refractivity contribution in [3.8, 4) is 0 Å². The molecule has 0 aliphatic heterocycles. The van der Waals surface area contributed by atoms with E-state index in [-0.39, 0.29) is 23.2 Å². The monoisotopic (exact) mass is 278 g/mol. The molecule has 0 fully saturated rings. The predicted octanol–water partition coefficient (Wildman–Crippen LogP) is 3.30. The molecule has 3 nitrogen and oxygen atoms in total. The van der Waals surface area contributed by atoms with E-state index in [1.54, 1.807) is 23.3 Å². The third kappa shape index (κ3) is 2.93. The molecule has 1 unspecified atom stereocenters. The summed E-state index contributed by atoms with van der Waals surface area (Å²) >= 11 is 1.59. The summed E-state index contributed by atoms with van der Waals surface area (Å²) in [6.07, 6.45) is 0. The minimum atomic E-state index is -0.500. The maximum Gasteiger partial charge on any atom is 0.254 e. The van der Waals surface area contributed by atoms with Gasteiger partial charge in [-0.3, -0.25) is 4.79 Å². The van der Waals surface area contributed by atoms with Crippen molar-refractivity contribution in [2.45, 2.75) is 13.0 Å². The summed E-state index contributed by atoms with van der Waals surface area (Å²) in [7, 11) is 1.70. The van der Waals surface area contributed by atoms with Gasteiger partial charge in [0.05, 0.1) is 6.04 Å². The fraction of sp³-hybridized carbons (Fsp3) is 0.214. The van der Waals surface area contributed by atoms with Crippen molar-refractivity contribution in [2.24, 2.45) is 0 Å². The Morgan fingerprint density at radius 1 is 1.42 bits per heavy atom. The van der Waals surface area contributed by atoms with Crippen LogP contribution >= 0.6 is 11.3 Å². The van der Waals surface area contributed by atoms with E-state index in [0.717, 1.165) is 4.88 Å². The zero-order chi connectivity index (χ0) is 14.0. The van der Waals surface area contributed by atoms with Gasteiger partial charge in [-0.25, -0.2) is 4.39 Å². The highest BCUT2D eigenvalue weighted by atomic mass is 32.1. The van der Waals surface area contributed by atoms with Gasteiger partial charge in [0.15, 0.2) is 0 Å². The third-order valence-electron chi connectivity index (χ3n) is 3.02. The molecule has 2 aromatic rings. The number of carbonyl (C=O) groups excluding carboxylic acids is 1. The van der Waals surface area contributed by atoms with Crippen LogP contribution in [0.5, 0.6) is 0 Å². The first-order valence-electron chi connectivity index (χ1n) is 5.85. The second-order valence-corrected chi connectivity index (χ2v) is 5.36. The number of carbonyl (C=O) groups is 1. The van der Waals surface area contributed by atoms with Gasteiger partial charge in [-0.2, -0.15) is 0 Å². The topological polar surface area (TPSA) is 46.3 Å². The molecule has 1 heterocycles. The fourth-order valence-corrected chi connectivity index (χ4v) is 2.66. The number of amides is 1. The molecule has 2 rings (SSSR count). The Bertz CT molecular complexity index is 563. The normalized spacial score (nSPS) is 12.2. The number of nitrogen functional groups attached to an aromatic ring is 1. The molecule has 19 heavy (non-hydrogen) atoms. The number of thiophene rings is 1. The number of benzene rings is 1. The van der Waals surface area contributed by atoms with E-state index >= 15 is 0 Å². The average Bonchev–Trinajstić information content (AvgIpc) is 2.88. The lowest BCUT2D eigenvalue weighted by molar-refractivity contribution is 0.0744. The first-order valence-corrected chi connectivity index (χ1v) is 6.73. The maximum absolute atomic E-state index is 13.3. The highest BCUT2D eigenvalue weighted by Crippen LogP contribution is 2.25. The highest BCUT2D eigenvalue weighted by Gasteiger charge is 2.20. The van der Waals surface area contributed by atoms with Gasteiger partial charge < -0.3 is 10.6 Å². The van der Waals surface area contributed by atoms with E-state index in [1.807, 2.05) is 24.4 Å². The molecule has 0 saturated carbocycles. The lowest BCUT2D eigenvalue weighted by Crippen LogP contribution is -2.29. The lowest BCUT2D eigenvalue weighted by atomic mass is 10.1. The molecule has 5 heteroatoms. The van der Waals surface area contributed by atoms with Gasteiger partial charge in [-0.05, 0) is 36.6 Å². The Balaban J connectivity index is 2.23. The Labute approximate surface area is 115 Å². The minimum Gasteiger partial charge on any atom is -0.399 e. The van der Waals surface area contributed by atoms with E-state index < -0.39 is 5.82 Å². The van der Waals surface area contributed by atoms with Crippen LogP contribution in [0, 0.1) is 5.82 Å². The van der Waals surface area contributed by atoms with Crippen LogP contribution in [0.3, 0.4) is 0 Å². The summed E-state index contributed by atoms with van der Waals surface area (Å²) in [4.78, 5) is 15.0. The van der Waals surface area contributed by atoms with Gasteiger partial charge in [0.2, 0.25) is 0 Å². The molecular weight excluding hydrogens is 263 g/mol. The highest BCUT2D eigenvalue weighted by molar-refractivity contribution is 7.10. The number of anilines is 1. The molecule has 0 bridgehead atoms. The van der Waals surface area contributed by atoms with E-state index in [4.69, 9.17) is 5.73 Å². The molecular formula is C14H15FN2OS. The van der Waals surface area contributed by atoms with Crippen molar-refractivity contribution in [1.82, 2.24) is 4.90 Å². The zero-order valence-corrected chi connectivity index (χ0v) is 11.6. The number of rotatable bonds is 3. The number of nitrogens with zero attached hydrogens (tertiary/aromatic N) is 1. The van der Waals surface area contributed by atoms with Crippen LogP contribution in [0.4, 0.5) is 10.1 Å². The van der Waals surface area contributed by atoms with Crippen molar-refractivity contribution in [3.63, 3.8) is 0 Å². The molecule has 0 radical (unpaired) electrons. The molecule has 0 aliphatic rings. The fourth-order valence-electron chi connectivity index (χ4n) is 1.84. The maximum atomic E-state index is 13.3. The summed E-state index contributed by atoms with van der Waals surface area (Å²) in [6, 6.07) is 7.74. The van der Waals surface area contributed by atoms with Gasteiger partial charge in [0, 0.05) is 23.2 Å². The number of hydrogen-bond acceptors (Lipinski definition) is 3. The second kappa shape index (κ2) is 5.40. The molecule has 0 aliphatic carbocycles. The zero-order valence-electron chi connectivity index (χ0n) is 10.8. The molecule has 1 aromatic carbocycles. The van der Waals surface area contributed by atoms with Crippen LogP contribution in [0.1, 0.15) is 28.2 Å². The van der Waals surface area contributed by atoms with Crippen molar-refractivity contribution in [2.75, 3.05) is 12.8 Å². The number of nitrogens with two attached hydrogens (primary N) is 1. The van der Waals surface area contributed by atoms with E-state index in [9.17, 15) is 9.18 Å². The lowest BCUT2D eigenvalue weighted by Gasteiger charge is -2.24. The quantitative estimate of drug-likeness (QED) is 0.876. The van der Waals surface area contributed by atoms with Crippen molar-refractivity contribution >= 4 is 22.9 Å². The van der Waals surface area contributed by atoms with E-state index in [1.165, 1.54) is 18.2 Å². The third-order valence-corrected chi connectivity index (χ3v) is 4.07. The number of halogens is 1. The van der Waals surface area contributed by atoms with Crippen molar-refractivity contribution in [3.05, 3.63) is 52.0 Å². The first-order chi connectivity index (χ1) is 8.99. The van der Waals surface area contributed by atoms with Crippen LogP contribution in [0.25, 0.3) is 0 Å². The Kier molecular flexibility index (Phi) is 3.85. The summed E-state index contributed by atoms with van der Waals surface area (Å²) in [6.45, 7) is 1.94. The smallest absolute Gasteiger partial charge is 0.254 e. The van der Waals surface area contributed by atoms with Crippen LogP contribution in [-0.4, -0.2) is 17.9 Å². The Hall–Kier alpha value is -1.88. The molecule has 2 N–H and O–H groups in total. The summed E-state index contributed by atoms with van der Waals surface area (Å²) in [5.41, 5.74) is 6.08. The first kappa shape index (κ1) is 13.5. The van der Waals surface area contributed by atoms with Crippen LogP contribution in [-0.2, 0) is 0 Å². The Morgan fingerprint density at radius 2 is 2.16 bits per heavy atom. The van der Waals surface area contributed by atoms with Gasteiger partial charge in [-0.1, -0.05) is 6.07 Å². The number of hydrogen-bond donors (Lipinski definition) is 1. The molecule has 100 valence electrons. The van der Waals surface area contributed by atoms with Crippen LogP contribution in [0.2, 0.25) is 0 Å². The summed E-state index contributed by atoms with van der Waals surface area (Å²) in [5, 5.41) is 1.96. The largest absolute Gasteiger partial charge is 0.399 e. The molecule has 1 atom stereocenters. The minimum absolute atomic E-state index is 0.0583. The molecule has 1 aromatic heterocycles. The summed E-state index contributed by atoms with van der Waals surface area (Å²) in [5.74, 6) is -0.743. The Morgan fingerprint density at radius 3 is 2.74 bits per heavy atom. The molecule has 0 spiro atoms. The van der Waals surface area contributed by atoms with Gasteiger partial charge >= 0.3 is 0 Å².